The van der Waals surface area contributed by atoms with Gasteiger partial charge in [0.2, 0.25) is 0 Å². The molecule has 0 fully saturated rings. The molecule has 0 aliphatic carbocycles. The van der Waals surface area contributed by atoms with E-state index in [1.54, 1.807) is 37.7 Å². The van der Waals surface area contributed by atoms with Crippen LogP contribution < -0.4 is 10.6 Å². The van der Waals surface area contributed by atoms with Crippen molar-refractivity contribution < 1.29 is 14.3 Å². The van der Waals surface area contributed by atoms with Gasteiger partial charge in [0.1, 0.15) is 5.70 Å². The molecule has 3 rings (SSSR count). The van der Waals surface area contributed by atoms with Crippen molar-refractivity contribution in [3.8, 4) is 11.1 Å². The quantitative estimate of drug-likeness (QED) is 0.260. The van der Waals surface area contributed by atoms with E-state index in [2.05, 4.69) is 15.6 Å². The van der Waals surface area contributed by atoms with Crippen molar-refractivity contribution >= 4 is 28.4 Å². The lowest BCUT2D eigenvalue weighted by Crippen LogP contribution is -2.30. The maximum atomic E-state index is 12.6. The first-order chi connectivity index (χ1) is 16.0. The van der Waals surface area contributed by atoms with Crippen LogP contribution in [0.2, 0.25) is 0 Å². The van der Waals surface area contributed by atoms with Crippen LogP contribution in [0.15, 0.2) is 66.6 Å². The summed E-state index contributed by atoms with van der Waals surface area (Å²) >= 11 is 0. The van der Waals surface area contributed by atoms with E-state index in [0.29, 0.717) is 29.9 Å². The molecular weight excluding hydrogens is 416 g/mol. The summed E-state index contributed by atoms with van der Waals surface area (Å²) in [5.41, 5.74) is 4.00. The number of hydrogen-bond acceptors (Lipinski definition) is 6. The molecule has 0 aliphatic rings. The van der Waals surface area contributed by atoms with Crippen molar-refractivity contribution in [2.75, 3.05) is 14.2 Å². The number of nitrogens with one attached hydrogen (secondary N) is 3. The highest BCUT2D eigenvalue weighted by Gasteiger charge is 2.13. The second-order valence-corrected chi connectivity index (χ2v) is 7.53. The van der Waals surface area contributed by atoms with Crippen LogP contribution in [0, 0.1) is 5.41 Å². The number of aromatic nitrogens is 1. The molecule has 0 atom stereocenters. The fraction of sp³-hybridized carbons (Fsp3) is 0.231. The predicted octanol–water partition coefficient (Wildman–Crippen LogP) is 4.23. The van der Waals surface area contributed by atoms with Gasteiger partial charge in [0.15, 0.2) is 0 Å². The highest BCUT2D eigenvalue weighted by atomic mass is 16.5. The highest BCUT2D eigenvalue weighted by Crippen LogP contribution is 2.31. The number of carbonyl (C=O) groups is 2. The summed E-state index contributed by atoms with van der Waals surface area (Å²) in [5, 5.41) is 15.6. The largest absolute Gasteiger partial charge is 0.465 e. The Balaban J connectivity index is 1.89. The maximum Gasteiger partial charge on any atom is 0.337 e. The zero-order valence-corrected chi connectivity index (χ0v) is 19.1. The van der Waals surface area contributed by atoms with Crippen LogP contribution in [-0.4, -0.2) is 36.7 Å². The number of ether oxygens (including phenoxy) is 1. The molecule has 1 amide bonds. The second-order valence-electron chi connectivity index (χ2n) is 7.53. The minimum absolute atomic E-state index is 0.273. The maximum absolute atomic E-state index is 12.6. The first-order valence-corrected chi connectivity index (χ1v) is 10.8. The number of hydrogen-bond donors (Lipinski definition) is 3. The van der Waals surface area contributed by atoms with Gasteiger partial charge in [-0.2, -0.15) is 0 Å². The van der Waals surface area contributed by atoms with Crippen LogP contribution in [0.1, 0.15) is 35.7 Å². The SMILES string of the molecule is CCCC(=N)/C=C(\NC)C(=O)NCc1ccc(-c2cccc(C(=O)OC)c2)c2ccncc12. The van der Waals surface area contributed by atoms with Crippen molar-refractivity contribution in [2.24, 2.45) is 0 Å². The summed E-state index contributed by atoms with van der Waals surface area (Å²) in [6.07, 6.45) is 6.53. The molecule has 1 heterocycles. The first kappa shape index (κ1) is 23.7. The molecule has 7 heteroatoms. The molecule has 0 saturated heterocycles. The topological polar surface area (TPSA) is 104 Å². The molecule has 170 valence electrons. The highest BCUT2D eigenvalue weighted by molar-refractivity contribution is 6.03. The van der Waals surface area contributed by atoms with Crippen molar-refractivity contribution in [1.29, 1.82) is 5.41 Å². The van der Waals surface area contributed by atoms with E-state index in [-0.39, 0.29) is 11.9 Å². The molecule has 0 spiro atoms. The smallest absolute Gasteiger partial charge is 0.337 e. The number of carbonyl (C=O) groups excluding carboxylic acids is 2. The number of methoxy groups -OCH3 is 1. The molecule has 0 bridgehead atoms. The lowest BCUT2D eigenvalue weighted by Gasteiger charge is -2.14. The Morgan fingerprint density at radius 2 is 1.97 bits per heavy atom. The molecule has 0 saturated carbocycles. The van der Waals surface area contributed by atoms with E-state index in [1.165, 1.54) is 7.11 Å². The van der Waals surface area contributed by atoms with Gasteiger partial charge < -0.3 is 20.8 Å². The van der Waals surface area contributed by atoms with Crippen molar-refractivity contribution in [3.63, 3.8) is 0 Å². The first-order valence-electron chi connectivity index (χ1n) is 10.8. The lowest BCUT2D eigenvalue weighted by atomic mass is 9.95. The molecular formula is C26H28N4O3. The predicted molar refractivity (Wildman–Crippen MR) is 130 cm³/mol. The third-order valence-electron chi connectivity index (χ3n) is 5.29. The Labute approximate surface area is 193 Å². The van der Waals surface area contributed by atoms with E-state index in [9.17, 15) is 9.59 Å². The fourth-order valence-electron chi connectivity index (χ4n) is 3.62. The lowest BCUT2D eigenvalue weighted by molar-refractivity contribution is -0.117. The molecule has 1 aromatic heterocycles. The van der Waals surface area contributed by atoms with Gasteiger partial charge in [-0.1, -0.05) is 37.6 Å². The molecule has 0 unspecified atom stereocenters. The second kappa shape index (κ2) is 11.0. The number of fused-ring (bicyclic) bond motifs is 1. The van der Waals surface area contributed by atoms with Crippen LogP contribution in [0.4, 0.5) is 0 Å². The number of esters is 1. The standard InChI is InChI=1S/C26H28N4O3/c1-4-6-20(27)14-24(28-2)25(31)30-15-19-9-10-21(22-11-12-29-16-23(19)22)17-7-5-8-18(13-17)26(32)33-3/h5,7-14,16,27-28H,4,6,15H2,1-3H3,(H,30,31)/b24-14-,27-20?. The number of benzene rings is 2. The summed E-state index contributed by atoms with van der Waals surface area (Å²) in [6, 6.07) is 13.1. The summed E-state index contributed by atoms with van der Waals surface area (Å²) in [4.78, 5) is 28.9. The van der Waals surface area contributed by atoms with Gasteiger partial charge in [0, 0.05) is 37.1 Å². The van der Waals surface area contributed by atoms with E-state index in [1.807, 2.05) is 37.3 Å². The molecule has 0 aliphatic heterocycles. The molecule has 3 N–H and O–H groups in total. The molecule has 3 aromatic rings. The van der Waals surface area contributed by atoms with E-state index >= 15 is 0 Å². The van der Waals surface area contributed by atoms with Gasteiger partial charge in [-0.15, -0.1) is 0 Å². The average Bonchev–Trinajstić information content (AvgIpc) is 2.85. The zero-order chi connectivity index (χ0) is 23.8. The Bertz CT molecular complexity index is 1220. The number of nitrogens with zero attached hydrogens (tertiary/aromatic N) is 1. The summed E-state index contributed by atoms with van der Waals surface area (Å²) in [6.45, 7) is 2.31. The number of rotatable bonds is 9. The van der Waals surface area contributed by atoms with Crippen LogP contribution in [-0.2, 0) is 16.1 Å². The minimum Gasteiger partial charge on any atom is -0.465 e. The van der Waals surface area contributed by atoms with Crippen molar-refractivity contribution in [2.45, 2.75) is 26.3 Å². The Kier molecular flexibility index (Phi) is 7.91. The van der Waals surface area contributed by atoms with Crippen LogP contribution in [0.3, 0.4) is 0 Å². The van der Waals surface area contributed by atoms with Crippen LogP contribution >= 0.6 is 0 Å². The van der Waals surface area contributed by atoms with Crippen molar-refractivity contribution in [3.05, 3.63) is 77.8 Å². The van der Waals surface area contributed by atoms with Crippen LogP contribution in [0.25, 0.3) is 21.9 Å². The minimum atomic E-state index is -0.387. The normalized spacial score (nSPS) is 11.2. The van der Waals surface area contributed by atoms with Gasteiger partial charge in [-0.25, -0.2) is 4.79 Å². The van der Waals surface area contributed by atoms with Crippen LogP contribution in [0.5, 0.6) is 0 Å². The third kappa shape index (κ3) is 5.63. The monoisotopic (exact) mass is 444 g/mol. The fourth-order valence-corrected chi connectivity index (χ4v) is 3.62. The Morgan fingerprint density at radius 1 is 1.15 bits per heavy atom. The van der Waals surface area contributed by atoms with E-state index < -0.39 is 0 Å². The number of allylic oxidation sites excluding steroid dienone is 1. The summed E-state index contributed by atoms with van der Waals surface area (Å²) in [7, 11) is 3.03. The molecule has 2 aromatic carbocycles. The zero-order valence-electron chi connectivity index (χ0n) is 19.1. The van der Waals surface area contributed by atoms with Gasteiger partial charge in [-0.05, 0) is 52.8 Å². The van der Waals surface area contributed by atoms with Gasteiger partial charge >= 0.3 is 5.97 Å². The number of likely N-dealkylation sites (N-methyl/N-ethyl adjacent to an activating group) is 1. The van der Waals surface area contributed by atoms with E-state index in [0.717, 1.165) is 33.9 Å². The average molecular weight is 445 g/mol. The number of pyridine rings is 1. The molecule has 33 heavy (non-hydrogen) atoms. The molecule has 0 radical (unpaired) electrons. The number of amides is 1. The van der Waals surface area contributed by atoms with Gasteiger partial charge in [0.05, 0.1) is 12.7 Å². The summed E-state index contributed by atoms with van der Waals surface area (Å²) in [5.74, 6) is -0.659. The third-order valence-corrected chi connectivity index (χ3v) is 5.29. The Hall–Kier alpha value is -4.00. The summed E-state index contributed by atoms with van der Waals surface area (Å²) < 4.78 is 4.84. The van der Waals surface area contributed by atoms with Gasteiger partial charge in [-0.3, -0.25) is 9.78 Å². The van der Waals surface area contributed by atoms with E-state index in [4.69, 9.17) is 10.1 Å². The van der Waals surface area contributed by atoms with Crippen molar-refractivity contribution in [1.82, 2.24) is 15.6 Å². The molecule has 7 nitrogen and oxygen atoms in total. The van der Waals surface area contributed by atoms with Gasteiger partial charge in [0.25, 0.3) is 5.91 Å². The Morgan fingerprint density at radius 3 is 2.70 bits per heavy atom.